The first-order valence-corrected chi connectivity index (χ1v) is 7.24. The number of ether oxygens (including phenoxy) is 1. The van der Waals surface area contributed by atoms with Crippen LogP contribution < -0.4 is 4.74 Å². The number of likely N-dealkylation sites (N-methyl/N-ethyl adjacent to an activating group) is 1. The number of nitrogens with zero attached hydrogens (tertiary/aromatic N) is 6. The molecule has 1 unspecified atom stereocenters. The SMILES string of the molecule is COc1ccnc(CN2CCN(C)C(c3nc(C)no3)C2)n1. The van der Waals surface area contributed by atoms with Gasteiger partial charge in [0.25, 0.3) is 0 Å². The molecule has 0 aliphatic carbocycles. The number of piperazine rings is 1. The summed E-state index contributed by atoms with van der Waals surface area (Å²) in [7, 11) is 3.68. The summed E-state index contributed by atoms with van der Waals surface area (Å²) in [5.41, 5.74) is 0. The van der Waals surface area contributed by atoms with Crippen LogP contribution in [-0.4, -0.2) is 63.7 Å². The van der Waals surface area contributed by atoms with Crippen molar-refractivity contribution in [2.45, 2.75) is 19.5 Å². The molecule has 0 N–H and O–H groups in total. The summed E-state index contributed by atoms with van der Waals surface area (Å²) in [6, 6.07) is 1.85. The van der Waals surface area contributed by atoms with Crippen LogP contribution in [0.25, 0.3) is 0 Å². The number of aryl methyl sites for hydroxylation is 1. The van der Waals surface area contributed by atoms with Gasteiger partial charge >= 0.3 is 0 Å². The van der Waals surface area contributed by atoms with E-state index in [0.29, 0.717) is 24.1 Å². The van der Waals surface area contributed by atoms with E-state index in [1.807, 2.05) is 6.92 Å². The van der Waals surface area contributed by atoms with E-state index in [-0.39, 0.29) is 6.04 Å². The van der Waals surface area contributed by atoms with Crippen molar-refractivity contribution in [3.8, 4) is 5.88 Å². The quantitative estimate of drug-likeness (QED) is 0.815. The standard InChI is InChI=1S/C14H20N6O2/c1-10-16-14(22-18-10)11-8-20(7-6-19(11)2)9-12-15-5-4-13(17-12)21-3/h4-5,11H,6-9H2,1-3H3. The summed E-state index contributed by atoms with van der Waals surface area (Å²) < 4.78 is 10.5. The Balaban J connectivity index is 1.70. The largest absolute Gasteiger partial charge is 0.481 e. The van der Waals surface area contributed by atoms with Crippen LogP contribution >= 0.6 is 0 Å². The summed E-state index contributed by atoms with van der Waals surface area (Å²) in [6.07, 6.45) is 1.72. The Morgan fingerprint density at radius 3 is 2.95 bits per heavy atom. The molecule has 1 fully saturated rings. The molecule has 0 amide bonds. The maximum absolute atomic E-state index is 5.33. The molecule has 8 heteroatoms. The minimum Gasteiger partial charge on any atom is -0.481 e. The molecule has 0 bridgehead atoms. The number of hydrogen-bond donors (Lipinski definition) is 0. The fraction of sp³-hybridized carbons (Fsp3) is 0.571. The molecular formula is C14H20N6O2. The molecule has 3 heterocycles. The van der Waals surface area contributed by atoms with E-state index in [4.69, 9.17) is 9.26 Å². The van der Waals surface area contributed by atoms with Crippen LogP contribution in [0.5, 0.6) is 5.88 Å². The second-order valence-corrected chi connectivity index (χ2v) is 5.43. The topological polar surface area (TPSA) is 80.4 Å². The lowest BCUT2D eigenvalue weighted by atomic mass is 10.1. The fourth-order valence-corrected chi connectivity index (χ4v) is 2.56. The van der Waals surface area contributed by atoms with Crippen LogP contribution in [0.4, 0.5) is 0 Å². The van der Waals surface area contributed by atoms with Crippen LogP contribution in [0.1, 0.15) is 23.6 Å². The molecule has 2 aromatic heterocycles. The maximum atomic E-state index is 5.33. The number of methoxy groups -OCH3 is 1. The van der Waals surface area contributed by atoms with Gasteiger partial charge in [0, 0.05) is 31.9 Å². The van der Waals surface area contributed by atoms with Gasteiger partial charge in [0.2, 0.25) is 11.8 Å². The highest BCUT2D eigenvalue weighted by molar-refractivity contribution is 5.08. The van der Waals surface area contributed by atoms with Crippen molar-refractivity contribution in [2.75, 3.05) is 33.8 Å². The van der Waals surface area contributed by atoms with E-state index in [1.54, 1.807) is 19.4 Å². The van der Waals surface area contributed by atoms with Crippen LogP contribution in [0, 0.1) is 6.92 Å². The average Bonchev–Trinajstić information content (AvgIpc) is 2.96. The predicted octanol–water partition coefficient (Wildman–Crippen LogP) is 0.665. The Hall–Kier alpha value is -2.06. The summed E-state index contributed by atoms with van der Waals surface area (Å²) in [6.45, 7) is 5.18. The van der Waals surface area contributed by atoms with Gasteiger partial charge in [0.15, 0.2) is 5.82 Å². The Labute approximate surface area is 129 Å². The Morgan fingerprint density at radius 2 is 2.23 bits per heavy atom. The van der Waals surface area contributed by atoms with Crippen LogP contribution in [0.3, 0.4) is 0 Å². The van der Waals surface area contributed by atoms with Crippen LogP contribution in [0.2, 0.25) is 0 Å². The zero-order valence-corrected chi connectivity index (χ0v) is 13.1. The molecule has 2 aromatic rings. The van der Waals surface area contributed by atoms with E-state index < -0.39 is 0 Å². The van der Waals surface area contributed by atoms with Gasteiger partial charge in [0.05, 0.1) is 13.7 Å². The first kappa shape index (κ1) is 14.9. The smallest absolute Gasteiger partial charge is 0.245 e. The summed E-state index contributed by atoms with van der Waals surface area (Å²) in [5.74, 6) is 2.67. The first-order valence-electron chi connectivity index (χ1n) is 7.24. The molecule has 1 aliphatic rings. The van der Waals surface area contributed by atoms with E-state index in [1.165, 1.54) is 0 Å². The lowest BCUT2D eigenvalue weighted by Crippen LogP contribution is -2.46. The van der Waals surface area contributed by atoms with Crippen molar-refractivity contribution in [2.24, 2.45) is 0 Å². The molecule has 22 heavy (non-hydrogen) atoms. The van der Waals surface area contributed by atoms with E-state index in [2.05, 4.69) is 37.0 Å². The molecule has 3 rings (SSSR count). The third-order valence-corrected chi connectivity index (χ3v) is 3.81. The summed E-state index contributed by atoms with van der Waals surface area (Å²) in [4.78, 5) is 17.5. The molecule has 8 nitrogen and oxygen atoms in total. The van der Waals surface area contributed by atoms with Crippen LogP contribution in [0.15, 0.2) is 16.8 Å². The van der Waals surface area contributed by atoms with Gasteiger partial charge in [-0.2, -0.15) is 9.97 Å². The van der Waals surface area contributed by atoms with Crippen molar-refractivity contribution >= 4 is 0 Å². The van der Waals surface area contributed by atoms with Gasteiger partial charge in [-0.05, 0) is 14.0 Å². The van der Waals surface area contributed by atoms with Crippen molar-refractivity contribution in [1.82, 2.24) is 29.9 Å². The third-order valence-electron chi connectivity index (χ3n) is 3.81. The first-order chi connectivity index (χ1) is 10.7. The molecule has 0 saturated carbocycles. The fourth-order valence-electron chi connectivity index (χ4n) is 2.56. The molecule has 0 radical (unpaired) electrons. The predicted molar refractivity (Wildman–Crippen MR) is 78.3 cm³/mol. The maximum Gasteiger partial charge on any atom is 0.245 e. The number of rotatable bonds is 4. The molecule has 1 saturated heterocycles. The minimum atomic E-state index is 0.0977. The van der Waals surface area contributed by atoms with Gasteiger partial charge < -0.3 is 9.26 Å². The second-order valence-electron chi connectivity index (χ2n) is 5.43. The van der Waals surface area contributed by atoms with Gasteiger partial charge in [0.1, 0.15) is 11.9 Å². The van der Waals surface area contributed by atoms with Crippen LogP contribution in [-0.2, 0) is 6.54 Å². The lowest BCUT2D eigenvalue weighted by molar-refractivity contribution is 0.0698. The number of aromatic nitrogens is 4. The molecule has 118 valence electrons. The van der Waals surface area contributed by atoms with Crippen molar-refractivity contribution in [3.05, 3.63) is 29.8 Å². The highest BCUT2D eigenvalue weighted by atomic mass is 16.5. The summed E-state index contributed by atoms with van der Waals surface area (Å²) in [5, 5.41) is 3.89. The molecule has 1 aliphatic heterocycles. The normalized spacial score (nSPS) is 20.2. The zero-order chi connectivity index (χ0) is 15.5. The molecule has 0 spiro atoms. The number of hydrogen-bond acceptors (Lipinski definition) is 8. The van der Waals surface area contributed by atoms with Gasteiger partial charge in [-0.25, -0.2) is 4.98 Å². The third kappa shape index (κ3) is 3.23. The summed E-state index contributed by atoms with van der Waals surface area (Å²) >= 11 is 0. The van der Waals surface area contributed by atoms with Gasteiger partial charge in [-0.15, -0.1) is 0 Å². The minimum absolute atomic E-state index is 0.0977. The highest BCUT2D eigenvalue weighted by Crippen LogP contribution is 2.23. The van der Waals surface area contributed by atoms with Crippen molar-refractivity contribution in [3.63, 3.8) is 0 Å². The van der Waals surface area contributed by atoms with E-state index >= 15 is 0 Å². The monoisotopic (exact) mass is 304 g/mol. The molecule has 0 aromatic carbocycles. The lowest BCUT2D eigenvalue weighted by Gasteiger charge is -2.37. The zero-order valence-electron chi connectivity index (χ0n) is 13.1. The van der Waals surface area contributed by atoms with Crippen molar-refractivity contribution in [1.29, 1.82) is 0 Å². The van der Waals surface area contributed by atoms with Gasteiger partial charge in [-0.3, -0.25) is 9.80 Å². The van der Waals surface area contributed by atoms with E-state index in [0.717, 1.165) is 25.5 Å². The Kier molecular flexibility index (Phi) is 4.30. The average molecular weight is 304 g/mol. The Bertz CT molecular complexity index is 631. The second kappa shape index (κ2) is 6.37. The van der Waals surface area contributed by atoms with Gasteiger partial charge in [-0.1, -0.05) is 5.16 Å². The van der Waals surface area contributed by atoms with Crippen molar-refractivity contribution < 1.29 is 9.26 Å². The Morgan fingerprint density at radius 1 is 1.36 bits per heavy atom. The van der Waals surface area contributed by atoms with E-state index in [9.17, 15) is 0 Å². The molecular weight excluding hydrogens is 284 g/mol. The molecule has 1 atom stereocenters. The highest BCUT2D eigenvalue weighted by Gasteiger charge is 2.30.